The lowest BCUT2D eigenvalue weighted by molar-refractivity contribution is -0.146. The minimum absolute atomic E-state index is 0.179. The average Bonchev–Trinajstić information content (AvgIpc) is 2.99. The zero-order valence-electron chi connectivity index (χ0n) is 14.0. The molecule has 3 rings (SSSR count). The van der Waals surface area contributed by atoms with Crippen molar-refractivity contribution in [1.82, 2.24) is 9.55 Å². The Labute approximate surface area is 149 Å². The molecule has 0 bridgehead atoms. The Morgan fingerprint density at radius 1 is 1.15 bits per heavy atom. The van der Waals surface area contributed by atoms with Gasteiger partial charge in [-0.05, 0) is 42.8 Å². The molecule has 0 aliphatic heterocycles. The second-order valence-corrected chi connectivity index (χ2v) is 5.60. The number of H-pyrrole nitrogens is 1. The maximum Gasteiger partial charge on any atom is 0.344 e. The zero-order chi connectivity index (χ0) is 18.4. The van der Waals surface area contributed by atoms with Crippen LogP contribution in [0.15, 0.2) is 53.3 Å². The van der Waals surface area contributed by atoms with Crippen molar-refractivity contribution in [3.63, 3.8) is 0 Å². The van der Waals surface area contributed by atoms with Gasteiger partial charge in [0.2, 0.25) is 0 Å². The molecule has 1 N–H and O–H groups in total. The maximum atomic E-state index is 11.9. The molecule has 0 amide bonds. The fourth-order valence-electron chi connectivity index (χ4n) is 2.55. The number of rotatable bonds is 7. The quantitative estimate of drug-likeness (QED) is 0.520. The lowest BCUT2D eigenvalue weighted by atomic mass is 10.2. The molecule has 3 aromatic rings. The number of carbonyl (C=O) groups is 1. The second kappa shape index (κ2) is 8.03. The molecule has 0 radical (unpaired) electrons. The highest BCUT2D eigenvalue weighted by molar-refractivity contribution is 5.74. The van der Waals surface area contributed by atoms with Gasteiger partial charge in [-0.2, -0.15) is 5.26 Å². The van der Waals surface area contributed by atoms with E-state index in [1.807, 2.05) is 30.3 Å². The highest BCUT2D eigenvalue weighted by Crippen LogP contribution is 2.12. The Morgan fingerprint density at radius 3 is 2.69 bits per heavy atom. The molecule has 26 heavy (non-hydrogen) atoms. The third kappa shape index (κ3) is 4.11. The Morgan fingerprint density at radius 2 is 1.92 bits per heavy atom. The van der Waals surface area contributed by atoms with Gasteiger partial charge >= 0.3 is 11.7 Å². The topological polar surface area (TPSA) is 97.1 Å². The van der Waals surface area contributed by atoms with Gasteiger partial charge in [-0.25, -0.2) is 9.59 Å². The summed E-state index contributed by atoms with van der Waals surface area (Å²) in [6.45, 7) is 0.438. The first-order valence-corrected chi connectivity index (χ1v) is 8.13. The molecule has 0 unspecified atom stereocenters. The van der Waals surface area contributed by atoms with Crippen molar-refractivity contribution in [2.24, 2.45) is 0 Å². The minimum Gasteiger partial charge on any atom is -0.482 e. The number of aromatic amines is 1. The second-order valence-electron chi connectivity index (χ2n) is 5.60. The number of nitriles is 1. The number of benzene rings is 2. The number of carbonyl (C=O) groups excluding carboxylic acids is 1. The van der Waals surface area contributed by atoms with E-state index in [2.05, 4.69) is 4.98 Å². The molecule has 1 aromatic heterocycles. The molecular formula is C19H17N3O4. The summed E-state index contributed by atoms with van der Waals surface area (Å²) in [6, 6.07) is 15.9. The first-order valence-electron chi connectivity index (χ1n) is 8.13. The van der Waals surface area contributed by atoms with Crippen molar-refractivity contribution in [2.75, 3.05) is 13.2 Å². The van der Waals surface area contributed by atoms with Gasteiger partial charge in [-0.15, -0.1) is 0 Å². The van der Waals surface area contributed by atoms with Gasteiger partial charge in [0.1, 0.15) is 5.75 Å². The molecule has 0 spiro atoms. The van der Waals surface area contributed by atoms with Crippen molar-refractivity contribution in [2.45, 2.75) is 13.0 Å². The lowest BCUT2D eigenvalue weighted by Crippen LogP contribution is -2.19. The predicted molar refractivity (Wildman–Crippen MR) is 94.8 cm³/mol. The molecule has 7 heteroatoms. The van der Waals surface area contributed by atoms with Crippen LogP contribution >= 0.6 is 0 Å². The Kier molecular flexibility index (Phi) is 5.34. The monoisotopic (exact) mass is 351 g/mol. The summed E-state index contributed by atoms with van der Waals surface area (Å²) < 4.78 is 12.0. The summed E-state index contributed by atoms with van der Waals surface area (Å²) >= 11 is 0. The summed E-state index contributed by atoms with van der Waals surface area (Å²) in [5.41, 5.74) is 1.95. The smallest absolute Gasteiger partial charge is 0.344 e. The number of hydrogen-bond acceptors (Lipinski definition) is 5. The van der Waals surface area contributed by atoms with Gasteiger partial charge in [-0.3, -0.25) is 4.57 Å². The Bertz CT molecular complexity index is 996. The molecule has 0 atom stereocenters. The molecule has 1 heterocycles. The zero-order valence-corrected chi connectivity index (χ0v) is 14.0. The van der Waals surface area contributed by atoms with Gasteiger partial charge in [0.05, 0.1) is 29.3 Å². The summed E-state index contributed by atoms with van der Waals surface area (Å²) in [5.74, 6) is 0.00641. The van der Waals surface area contributed by atoms with Gasteiger partial charge in [0.15, 0.2) is 6.61 Å². The van der Waals surface area contributed by atoms with Crippen LogP contribution in [0.4, 0.5) is 0 Å². The van der Waals surface area contributed by atoms with Crippen molar-refractivity contribution in [3.05, 3.63) is 64.6 Å². The third-order valence-corrected chi connectivity index (χ3v) is 3.81. The minimum atomic E-state index is -0.486. The lowest BCUT2D eigenvalue weighted by Gasteiger charge is -2.07. The van der Waals surface area contributed by atoms with E-state index in [1.165, 1.54) is 0 Å². The van der Waals surface area contributed by atoms with Crippen molar-refractivity contribution in [1.29, 1.82) is 5.26 Å². The van der Waals surface area contributed by atoms with E-state index in [-0.39, 0.29) is 18.9 Å². The third-order valence-electron chi connectivity index (χ3n) is 3.81. The molecule has 0 saturated carbocycles. The fraction of sp³-hybridized carbons (Fsp3) is 0.211. The summed E-state index contributed by atoms with van der Waals surface area (Å²) in [7, 11) is 0. The summed E-state index contributed by atoms with van der Waals surface area (Å²) in [4.78, 5) is 26.4. The van der Waals surface area contributed by atoms with E-state index < -0.39 is 5.97 Å². The molecule has 0 aliphatic rings. The van der Waals surface area contributed by atoms with E-state index in [0.29, 0.717) is 24.3 Å². The van der Waals surface area contributed by atoms with E-state index in [0.717, 1.165) is 11.0 Å². The number of hydrogen-bond donors (Lipinski definition) is 1. The first-order chi connectivity index (χ1) is 12.7. The van der Waals surface area contributed by atoms with Gasteiger partial charge in [0, 0.05) is 6.54 Å². The van der Waals surface area contributed by atoms with Crippen LogP contribution in [0.2, 0.25) is 0 Å². The summed E-state index contributed by atoms with van der Waals surface area (Å²) in [6.07, 6.45) is 0.518. The van der Waals surface area contributed by atoms with Crippen LogP contribution in [-0.2, 0) is 16.1 Å². The van der Waals surface area contributed by atoms with E-state index in [9.17, 15) is 9.59 Å². The van der Waals surface area contributed by atoms with Gasteiger partial charge in [-0.1, -0.05) is 12.1 Å². The van der Waals surface area contributed by atoms with Gasteiger partial charge in [0.25, 0.3) is 0 Å². The number of ether oxygens (including phenoxy) is 2. The fourth-order valence-corrected chi connectivity index (χ4v) is 2.55. The van der Waals surface area contributed by atoms with Crippen LogP contribution in [0, 0.1) is 11.3 Å². The van der Waals surface area contributed by atoms with Crippen LogP contribution in [-0.4, -0.2) is 28.7 Å². The number of aromatic nitrogens is 2. The molecule has 2 aromatic carbocycles. The van der Waals surface area contributed by atoms with Crippen LogP contribution < -0.4 is 10.4 Å². The van der Waals surface area contributed by atoms with Crippen molar-refractivity contribution in [3.8, 4) is 11.8 Å². The number of esters is 1. The van der Waals surface area contributed by atoms with Gasteiger partial charge < -0.3 is 14.5 Å². The Balaban J connectivity index is 1.43. The molecule has 0 aliphatic carbocycles. The number of fused-ring (bicyclic) bond motifs is 1. The standard InChI is InChI=1S/C19H17N3O4/c20-12-14-6-8-15(9-7-14)26-13-18(23)25-11-3-10-22-17-5-2-1-4-16(17)21-19(22)24/h1-2,4-9H,3,10-11,13H2,(H,21,24). The van der Waals surface area contributed by atoms with Crippen molar-refractivity contribution < 1.29 is 14.3 Å². The van der Waals surface area contributed by atoms with E-state index in [4.69, 9.17) is 14.7 Å². The van der Waals surface area contributed by atoms with Crippen molar-refractivity contribution >= 4 is 17.0 Å². The molecule has 7 nitrogen and oxygen atoms in total. The van der Waals surface area contributed by atoms with Crippen LogP contribution in [0.25, 0.3) is 11.0 Å². The number of aryl methyl sites for hydroxylation is 1. The average molecular weight is 351 g/mol. The Hall–Kier alpha value is -3.53. The number of imidazole rings is 1. The highest BCUT2D eigenvalue weighted by atomic mass is 16.6. The van der Waals surface area contributed by atoms with E-state index >= 15 is 0 Å². The largest absolute Gasteiger partial charge is 0.482 e. The maximum absolute atomic E-state index is 11.9. The summed E-state index contributed by atoms with van der Waals surface area (Å²) in [5, 5.41) is 8.72. The molecule has 132 valence electrons. The van der Waals surface area contributed by atoms with Crippen LogP contribution in [0.3, 0.4) is 0 Å². The number of para-hydroxylation sites is 2. The van der Waals surface area contributed by atoms with Crippen LogP contribution in [0.5, 0.6) is 5.75 Å². The molecule has 0 saturated heterocycles. The number of nitrogens with one attached hydrogen (secondary N) is 1. The normalized spacial score (nSPS) is 10.4. The number of nitrogens with zero attached hydrogens (tertiary/aromatic N) is 2. The predicted octanol–water partition coefficient (Wildman–Crippen LogP) is 2.21. The van der Waals surface area contributed by atoms with E-state index in [1.54, 1.807) is 28.8 Å². The molecule has 0 fully saturated rings. The highest BCUT2D eigenvalue weighted by Gasteiger charge is 2.07. The van der Waals surface area contributed by atoms with Crippen LogP contribution in [0.1, 0.15) is 12.0 Å². The molecular weight excluding hydrogens is 334 g/mol. The SMILES string of the molecule is N#Cc1ccc(OCC(=O)OCCCn2c(=O)[nH]c3ccccc32)cc1. The first kappa shape index (κ1) is 17.3.